The van der Waals surface area contributed by atoms with Gasteiger partial charge in [-0.25, -0.2) is 9.78 Å². The second-order valence-electron chi connectivity index (χ2n) is 10.6. The summed E-state index contributed by atoms with van der Waals surface area (Å²) in [4.78, 5) is 29.5. The van der Waals surface area contributed by atoms with Crippen molar-refractivity contribution < 1.29 is 14.7 Å². The summed E-state index contributed by atoms with van der Waals surface area (Å²) >= 11 is 3.41. The molecule has 36 heavy (non-hydrogen) atoms. The van der Waals surface area contributed by atoms with Crippen LogP contribution in [0.15, 0.2) is 58.8 Å². The highest BCUT2D eigenvalue weighted by molar-refractivity contribution is 9.12. The molecule has 1 spiro atoms. The minimum absolute atomic E-state index is 0.114. The lowest BCUT2D eigenvalue weighted by Crippen LogP contribution is -2.53. The van der Waals surface area contributed by atoms with Crippen molar-refractivity contribution in [2.75, 3.05) is 0 Å². The number of halogens is 1. The van der Waals surface area contributed by atoms with Crippen molar-refractivity contribution in [3.8, 4) is 5.69 Å². The van der Waals surface area contributed by atoms with Gasteiger partial charge in [-0.05, 0) is 77.0 Å². The number of hydrogen-bond acceptors (Lipinski definition) is 4. The van der Waals surface area contributed by atoms with E-state index in [0.717, 1.165) is 66.5 Å². The lowest BCUT2D eigenvalue weighted by atomic mass is 9.62. The van der Waals surface area contributed by atoms with Crippen LogP contribution in [0.3, 0.4) is 0 Å². The van der Waals surface area contributed by atoms with Gasteiger partial charge in [0.1, 0.15) is 11.7 Å². The van der Waals surface area contributed by atoms with Gasteiger partial charge in [0.25, 0.3) is 0 Å². The summed E-state index contributed by atoms with van der Waals surface area (Å²) in [7, 11) is 0. The zero-order chi connectivity index (χ0) is 25.4. The number of hydrogen-bond donors (Lipinski definition) is 2. The molecule has 0 bridgehead atoms. The molecular formula is C29H32BrN3O3. The molecule has 2 heterocycles. The average molecular weight is 550 g/mol. The number of aromatic nitrogens is 2. The highest BCUT2D eigenvalue weighted by Gasteiger charge is 2.53. The Kier molecular flexibility index (Phi) is 6.77. The Morgan fingerprint density at radius 2 is 1.86 bits per heavy atom. The first-order valence-electron chi connectivity index (χ1n) is 12.8. The number of benzene rings is 1. The SMILES string of the molecule is CC(C)Cc1cc2cccnc2n1-c1ccc(C[C@H](NC2=C(Br)C(=O)C23CCCCC3)C(=O)O)cc1. The number of fused-ring (bicyclic) bond motifs is 1. The third kappa shape index (κ3) is 4.38. The molecular weight excluding hydrogens is 518 g/mol. The Balaban J connectivity index is 1.39. The average Bonchev–Trinajstić information content (AvgIpc) is 3.23. The van der Waals surface area contributed by atoms with E-state index in [1.807, 2.05) is 36.5 Å². The number of ketones is 1. The van der Waals surface area contributed by atoms with E-state index in [0.29, 0.717) is 16.8 Å². The quantitative estimate of drug-likeness (QED) is 0.362. The van der Waals surface area contributed by atoms with E-state index in [2.05, 4.69) is 56.8 Å². The zero-order valence-electron chi connectivity index (χ0n) is 20.8. The number of carboxylic acid groups (broad SMARTS) is 1. The lowest BCUT2D eigenvalue weighted by molar-refractivity contribution is -0.140. The van der Waals surface area contributed by atoms with Crippen LogP contribution >= 0.6 is 15.9 Å². The number of carboxylic acids is 1. The number of Topliss-reactive ketones (excluding diaryl/α,β-unsaturated/α-hetero) is 1. The van der Waals surface area contributed by atoms with Gasteiger partial charge in [-0.2, -0.15) is 0 Å². The molecule has 0 saturated heterocycles. The highest BCUT2D eigenvalue weighted by Crippen LogP contribution is 2.53. The van der Waals surface area contributed by atoms with E-state index < -0.39 is 17.4 Å². The van der Waals surface area contributed by atoms with Gasteiger partial charge >= 0.3 is 5.97 Å². The number of nitrogens with zero attached hydrogens (tertiary/aromatic N) is 2. The topological polar surface area (TPSA) is 84.2 Å². The first-order valence-corrected chi connectivity index (χ1v) is 13.6. The second-order valence-corrected chi connectivity index (χ2v) is 11.3. The van der Waals surface area contributed by atoms with Crippen LogP contribution in [0.2, 0.25) is 0 Å². The van der Waals surface area contributed by atoms with Crippen LogP contribution < -0.4 is 5.32 Å². The van der Waals surface area contributed by atoms with Crippen LogP contribution in [-0.4, -0.2) is 32.5 Å². The number of nitrogens with one attached hydrogen (secondary N) is 1. The van der Waals surface area contributed by atoms with E-state index in [1.165, 1.54) is 5.69 Å². The Morgan fingerprint density at radius 1 is 1.14 bits per heavy atom. The van der Waals surface area contributed by atoms with Gasteiger partial charge in [-0.15, -0.1) is 0 Å². The third-order valence-corrected chi connectivity index (χ3v) is 8.30. The molecule has 1 fully saturated rings. The van der Waals surface area contributed by atoms with E-state index >= 15 is 0 Å². The Labute approximate surface area is 219 Å². The molecule has 0 amide bonds. The molecule has 2 N–H and O–H groups in total. The maximum atomic E-state index is 12.7. The van der Waals surface area contributed by atoms with Crippen molar-refractivity contribution in [1.29, 1.82) is 0 Å². The molecule has 1 aromatic carbocycles. The maximum Gasteiger partial charge on any atom is 0.326 e. The standard InChI is InChI=1S/C29H32BrN3O3/c1-18(2)15-22-17-20-7-6-14-31-27(20)33(22)21-10-8-19(9-11-21)16-23(28(35)36)32-25-24(30)26(34)29(25)12-4-3-5-13-29/h6-11,14,17-18,23,32H,3-5,12-13,15-16H2,1-2H3,(H,35,36)/t23-/m0/s1. The van der Waals surface area contributed by atoms with Crippen LogP contribution in [0, 0.1) is 11.3 Å². The fraction of sp³-hybridized carbons (Fsp3) is 0.414. The monoisotopic (exact) mass is 549 g/mol. The van der Waals surface area contributed by atoms with E-state index in [1.54, 1.807) is 0 Å². The predicted octanol–water partition coefficient (Wildman–Crippen LogP) is 5.95. The lowest BCUT2D eigenvalue weighted by Gasteiger charge is -2.46. The molecule has 0 aliphatic heterocycles. The number of pyridine rings is 1. The number of carbonyl (C=O) groups excluding carboxylic acids is 1. The number of rotatable bonds is 8. The summed E-state index contributed by atoms with van der Waals surface area (Å²) in [6.07, 6.45) is 7.78. The minimum Gasteiger partial charge on any atom is -0.480 e. The Bertz CT molecular complexity index is 1330. The first-order chi connectivity index (χ1) is 17.3. The summed E-state index contributed by atoms with van der Waals surface area (Å²) in [5.74, 6) is -0.297. The summed E-state index contributed by atoms with van der Waals surface area (Å²) in [5.41, 5.74) is 4.33. The zero-order valence-corrected chi connectivity index (χ0v) is 22.3. The minimum atomic E-state index is -0.919. The van der Waals surface area contributed by atoms with Gasteiger partial charge in [0.2, 0.25) is 0 Å². The number of allylic oxidation sites excluding steroid dienone is 2. The van der Waals surface area contributed by atoms with Gasteiger partial charge in [0, 0.05) is 35.1 Å². The van der Waals surface area contributed by atoms with E-state index in [9.17, 15) is 14.7 Å². The third-order valence-electron chi connectivity index (χ3n) is 7.55. The fourth-order valence-electron chi connectivity index (χ4n) is 5.76. The first kappa shape index (κ1) is 24.8. The van der Waals surface area contributed by atoms with E-state index in [4.69, 9.17) is 0 Å². The van der Waals surface area contributed by atoms with E-state index in [-0.39, 0.29) is 5.78 Å². The Hall–Kier alpha value is -2.93. The molecule has 1 saturated carbocycles. The summed E-state index contributed by atoms with van der Waals surface area (Å²) in [5, 5.41) is 14.3. The van der Waals surface area contributed by atoms with Crippen molar-refractivity contribution in [2.24, 2.45) is 11.3 Å². The number of aliphatic carboxylic acids is 1. The molecule has 0 unspecified atom stereocenters. The van der Waals surface area contributed by atoms with Crippen LogP contribution in [0.4, 0.5) is 0 Å². The van der Waals surface area contributed by atoms with Crippen molar-refractivity contribution in [3.63, 3.8) is 0 Å². The van der Waals surface area contributed by atoms with Crippen molar-refractivity contribution in [3.05, 3.63) is 70.1 Å². The van der Waals surface area contributed by atoms with Crippen molar-refractivity contribution in [1.82, 2.24) is 14.9 Å². The molecule has 2 aliphatic carbocycles. The molecule has 2 aromatic heterocycles. The largest absolute Gasteiger partial charge is 0.480 e. The molecule has 7 heteroatoms. The fourth-order valence-corrected chi connectivity index (χ4v) is 6.63. The Morgan fingerprint density at radius 3 is 2.53 bits per heavy atom. The van der Waals surface area contributed by atoms with Crippen LogP contribution in [0.1, 0.15) is 57.2 Å². The second kappa shape index (κ2) is 9.85. The number of carbonyl (C=O) groups is 2. The molecule has 2 aliphatic rings. The van der Waals surface area contributed by atoms with Gasteiger partial charge in [-0.3, -0.25) is 9.36 Å². The van der Waals surface area contributed by atoms with Crippen LogP contribution in [0.5, 0.6) is 0 Å². The van der Waals surface area contributed by atoms with Crippen LogP contribution in [0.25, 0.3) is 16.7 Å². The van der Waals surface area contributed by atoms with Gasteiger partial charge < -0.3 is 10.4 Å². The van der Waals surface area contributed by atoms with Crippen LogP contribution in [-0.2, 0) is 22.4 Å². The normalized spacial score (nSPS) is 18.1. The smallest absolute Gasteiger partial charge is 0.326 e. The summed E-state index contributed by atoms with van der Waals surface area (Å²) < 4.78 is 2.71. The molecule has 3 aromatic rings. The molecule has 0 radical (unpaired) electrons. The summed E-state index contributed by atoms with van der Waals surface area (Å²) in [6.45, 7) is 4.41. The van der Waals surface area contributed by atoms with Gasteiger partial charge in [0.05, 0.1) is 9.90 Å². The van der Waals surface area contributed by atoms with Gasteiger partial charge in [0.15, 0.2) is 5.78 Å². The summed E-state index contributed by atoms with van der Waals surface area (Å²) in [6, 6.07) is 13.5. The molecule has 6 nitrogen and oxygen atoms in total. The van der Waals surface area contributed by atoms with Crippen molar-refractivity contribution >= 4 is 38.7 Å². The maximum absolute atomic E-state index is 12.7. The highest BCUT2D eigenvalue weighted by atomic mass is 79.9. The van der Waals surface area contributed by atoms with Crippen molar-refractivity contribution in [2.45, 2.75) is 64.8 Å². The molecule has 5 rings (SSSR count). The predicted molar refractivity (Wildman–Crippen MR) is 144 cm³/mol. The molecule has 1 atom stereocenters. The van der Waals surface area contributed by atoms with Gasteiger partial charge in [-0.1, -0.05) is 45.2 Å². The molecule has 188 valence electrons.